The van der Waals surface area contributed by atoms with Crippen molar-refractivity contribution in [3.8, 4) is 23.0 Å². The predicted molar refractivity (Wildman–Crippen MR) is 95.8 cm³/mol. The standard InChI is InChI=1S/C18H18N6O2/c19-16-14(17-21-18(23-22-17)15-7-4-9-26-15)11-20-24(16)8-10-25-12-13-5-2-1-3-6-13/h1-7,9,11H,8,10,12,19H2,(H,21,22,23). The van der Waals surface area contributed by atoms with E-state index in [0.717, 1.165) is 5.56 Å². The Morgan fingerprint density at radius 3 is 2.85 bits per heavy atom. The summed E-state index contributed by atoms with van der Waals surface area (Å²) in [6, 6.07) is 13.6. The zero-order valence-electron chi connectivity index (χ0n) is 14.0. The molecule has 0 aliphatic carbocycles. The maximum atomic E-state index is 6.18. The van der Waals surface area contributed by atoms with Gasteiger partial charge < -0.3 is 14.9 Å². The number of furan rings is 1. The van der Waals surface area contributed by atoms with Crippen LogP contribution in [0.4, 0.5) is 5.82 Å². The summed E-state index contributed by atoms with van der Waals surface area (Å²) < 4.78 is 12.7. The van der Waals surface area contributed by atoms with Gasteiger partial charge in [0.15, 0.2) is 17.4 Å². The van der Waals surface area contributed by atoms with Gasteiger partial charge in [-0.1, -0.05) is 30.3 Å². The molecule has 0 saturated heterocycles. The van der Waals surface area contributed by atoms with Crippen molar-refractivity contribution in [2.75, 3.05) is 12.3 Å². The van der Waals surface area contributed by atoms with Crippen LogP contribution in [-0.2, 0) is 17.9 Å². The number of aromatic nitrogens is 5. The van der Waals surface area contributed by atoms with E-state index in [1.165, 1.54) is 0 Å². The lowest BCUT2D eigenvalue weighted by atomic mass is 10.2. The molecule has 4 rings (SSSR count). The molecule has 26 heavy (non-hydrogen) atoms. The average molecular weight is 350 g/mol. The molecule has 1 aromatic carbocycles. The van der Waals surface area contributed by atoms with E-state index < -0.39 is 0 Å². The Bertz CT molecular complexity index is 959. The summed E-state index contributed by atoms with van der Waals surface area (Å²) in [5, 5.41) is 11.3. The van der Waals surface area contributed by atoms with E-state index in [2.05, 4.69) is 20.3 Å². The maximum Gasteiger partial charge on any atom is 0.192 e. The number of aromatic amines is 1. The summed E-state index contributed by atoms with van der Waals surface area (Å²) in [4.78, 5) is 4.41. The molecule has 0 saturated carbocycles. The second kappa shape index (κ2) is 7.24. The number of ether oxygens (including phenoxy) is 1. The van der Waals surface area contributed by atoms with Gasteiger partial charge in [-0.15, -0.1) is 0 Å². The molecule has 0 fully saturated rings. The number of benzene rings is 1. The van der Waals surface area contributed by atoms with Gasteiger partial charge in [-0.3, -0.25) is 5.10 Å². The van der Waals surface area contributed by atoms with E-state index >= 15 is 0 Å². The quantitative estimate of drug-likeness (QED) is 0.496. The van der Waals surface area contributed by atoms with Gasteiger partial charge in [0.1, 0.15) is 5.82 Å². The van der Waals surface area contributed by atoms with Crippen LogP contribution in [0.15, 0.2) is 59.3 Å². The number of anilines is 1. The van der Waals surface area contributed by atoms with Crippen LogP contribution < -0.4 is 5.73 Å². The minimum atomic E-state index is 0.477. The Morgan fingerprint density at radius 1 is 1.15 bits per heavy atom. The Hall–Kier alpha value is -3.39. The molecule has 0 atom stereocenters. The molecule has 3 aromatic heterocycles. The molecule has 3 N–H and O–H groups in total. The fourth-order valence-electron chi connectivity index (χ4n) is 2.57. The van der Waals surface area contributed by atoms with Crippen molar-refractivity contribution in [1.29, 1.82) is 0 Å². The topological polar surface area (TPSA) is 108 Å². The van der Waals surface area contributed by atoms with E-state index in [4.69, 9.17) is 14.9 Å². The Labute approximate surface area is 149 Å². The highest BCUT2D eigenvalue weighted by Crippen LogP contribution is 2.24. The van der Waals surface area contributed by atoms with Gasteiger partial charge in [0.2, 0.25) is 0 Å². The molecule has 0 aliphatic rings. The first kappa shape index (κ1) is 16.1. The molecule has 3 heterocycles. The zero-order chi connectivity index (χ0) is 17.8. The van der Waals surface area contributed by atoms with Crippen LogP contribution in [0.1, 0.15) is 5.56 Å². The van der Waals surface area contributed by atoms with Crippen LogP contribution in [0.2, 0.25) is 0 Å². The fourth-order valence-corrected chi connectivity index (χ4v) is 2.57. The fraction of sp³-hybridized carbons (Fsp3) is 0.167. The largest absolute Gasteiger partial charge is 0.461 e. The molecule has 0 radical (unpaired) electrons. The number of hydrogen-bond acceptors (Lipinski definition) is 6. The van der Waals surface area contributed by atoms with Gasteiger partial charge in [0.25, 0.3) is 0 Å². The van der Waals surface area contributed by atoms with Crippen LogP contribution in [0.5, 0.6) is 0 Å². The first-order valence-electron chi connectivity index (χ1n) is 8.21. The van der Waals surface area contributed by atoms with Crippen molar-refractivity contribution in [2.24, 2.45) is 0 Å². The van der Waals surface area contributed by atoms with E-state index in [1.807, 2.05) is 30.3 Å². The molecule has 8 heteroatoms. The highest BCUT2D eigenvalue weighted by molar-refractivity contribution is 5.68. The van der Waals surface area contributed by atoms with Crippen molar-refractivity contribution in [1.82, 2.24) is 25.0 Å². The Kier molecular flexibility index (Phi) is 4.48. The minimum absolute atomic E-state index is 0.477. The lowest BCUT2D eigenvalue weighted by Gasteiger charge is -2.06. The molecule has 8 nitrogen and oxygen atoms in total. The first-order chi connectivity index (χ1) is 12.8. The summed E-state index contributed by atoms with van der Waals surface area (Å²) in [6.45, 7) is 1.61. The van der Waals surface area contributed by atoms with Crippen LogP contribution in [0.25, 0.3) is 23.0 Å². The molecule has 0 spiro atoms. The smallest absolute Gasteiger partial charge is 0.192 e. The monoisotopic (exact) mass is 350 g/mol. The number of nitrogens with zero attached hydrogens (tertiary/aromatic N) is 4. The van der Waals surface area contributed by atoms with Crippen LogP contribution in [0, 0.1) is 0 Å². The van der Waals surface area contributed by atoms with E-state index in [0.29, 0.717) is 48.5 Å². The zero-order valence-corrected chi connectivity index (χ0v) is 14.0. The van der Waals surface area contributed by atoms with Crippen molar-refractivity contribution in [3.05, 3.63) is 60.5 Å². The van der Waals surface area contributed by atoms with Crippen molar-refractivity contribution >= 4 is 5.82 Å². The third-order valence-corrected chi connectivity index (χ3v) is 3.92. The lowest BCUT2D eigenvalue weighted by molar-refractivity contribution is 0.111. The molecule has 0 bridgehead atoms. The molecule has 0 unspecified atom stereocenters. The van der Waals surface area contributed by atoms with Crippen molar-refractivity contribution < 1.29 is 9.15 Å². The molecule has 0 amide bonds. The second-order valence-corrected chi connectivity index (χ2v) is 5.69. The summed E-state index contributed by atoms with van der Waals surface area (Å²) in [7, 11) is 0. The van der Waals surface area contributed by atoms with Gasteiger partial charge in [-0.25, -0.2) is 9.67 Å². The summed E-state index contributed by atoms with van der Waals surface area (Å²) in [5.41, 5.74) is 7.99. The molecular weight excluding hydrogens is 332 g/mol. The third kappa shape index (κ3) is 3.35. The van der Waals surface area contributed by atoms with Crippen molar-refractivity contribution in [3.63, 3.8) is 0 Å². The maximum absolute atomic E-state index is 6.18. The molecule has 0 aliphatic heterocycles. The lowest BCUT2D eigenvalue weighted by Crippen LogP contribution is -2.10. The van der Waals surface area contributed by atoms with Gasteiger partial charge >= 0.3 is 0 Å². The SMILES string of the molecule is Nc1c(-c2n[nH]c(-c3ccco3)n2)cnn1CCOCc1ccccc1. The molecule has 132 valence electrons. The summed E-state index contributed by atoms with van der Waals surface area (Å²) in [5.74, 6) is 2.14. The second-order valence-electron chi connectivity index (χ2n) is 5.69. The third-order valence-electron chi connectivity index (χ3n) is 3.92. The number of H-pyrrole nitrogens is 1. The first-order valence-corrected chi connectivity index (χ1v) is 8.21. The Balaban J connectivity index is 1.39. The number of nitrogens with one attached hydrogen (secondary N) is 1. The predicted octanol–water partition coefficient (Wildman–Crippen LogP) is 2.73. The number of nitrogen functional groups attached to an aromatic ring is 1. The van der Waals surface area contributed by atoms with Crippen LogP contribution in [-0.4, -0.2) is 31.6 Å². The number of rotatable bonds is 7. The van der Waals surface area contributed by atoms with Crippen LogP contribution >= 0.6 is 0 Å². The normalized spacial score (nSPS) is 11.1. The average Bonchev–Trinajstić information content (AvgIpc) is 3.41. The number of hydrogen-bond donors (Lipinski definition) is 2. The summed E-state index contributed by atoms with van der Waals surface area (Å²) >= 11 is 0. The van der Waals surface area contributed by atoms with Crippen molar-refractivity contribution in [2.45, 2.75) is 13.2 Å². The summed E-state index contributed by atoms with van der Waals surface area (Å²) in [6.07, 6.45) is 3.24. The number of nitrogens with two attached hydrogens (primary N) is 1. The minimum Gasteiger partial charge on any atom is -0.461 e. The van der Waals surface area contributed by atoms with Gasteiger partial charge in [0, 0.05) is 0 Å². The molecular formula is C18H18N6O2. The van der Waals surface area contributed by atoms with Gasteiger partial charge in [-0.05, 0) is 17.7 Å². The highest BCUT2D eigenvalue weighted by atomic mass is 16.5. The van der Waals surface area contributed by atoms with Crippen LogP contribution in [0.3, 0.4) is 0 Å². The Morgan fingerprint density at radius 2 is 2.04 bits per heavy atom. The molecule has 4 aromatic rings. The van der Waals surface area contributed by atoms with E-state index in [9.17, 15) is 0 Å². The van der Waals surface area contributed by atoms with Gasteiger partial charge in [-0.2, -0.15) is 10.2 Å². The van der Waals surface area contributed by atoms with E-state index in [-0.39, 0.29) is 0 Å². The van der Waals surface area contributed by atoms with E-state index in [1.54, 1.807) is 29.3 Å². The van der Waals surface area contributed by atoms with Gasteiger partial charge in [0.05, 0.1) is 37.8 Å². The highest BCUT2D eigenvalue weighted by Gasteiger charge is 2.15.